The van der Waals surface area contributed by atoms with E-state index < -0.39 is 38.2 Å². The molecule has 0 saturated carbocycles. The second-order valence-corrected chi connectivity index (χ2v) is 10.3. The average molecular weight is 493 g/mol. The fourth-order valence-corrected chi connectivity index (χ4v) is 5.81. The average Bonchev–Trinajstić information content (AvgIpc) is 3.38. The van der Waals surface area contributed by atoms with Crippen LogP contribution in [0.2, 0.25) is 0 Å². The van der Waals surface area contributed by atoms with Gasteiger partial charge in [0.2, 0.25) is 0 Å². The minimum absolute atomic E-state index is 0.116. The van der Waals surface area contributed by atoms with Crippen molar-refractivity contribution in [2.75, 3.05) is 17.8 Å². The van der Waals surface area contributed by atoms with E-state index in [1.54, 1.807) is 36.6 Å². The number of rotatable bonds is 6. The van der Waals surface area contributed by atoms with Crippen molar-refractivity contribution in [2.24, 2.45) is 0 Å². The molecule has 1 aliphatic rings. The molecular weight excluding hydrogens is 474 g/mol. The Labute approximate surface area is 190 Å². The van der Waals surface area contributed by atoms with Gasteiger partial charge in [0, 0.05) is 30.7 Å². The van der Waals surface area contributed by atoms with Crippen LogP contribution >= 0.6 is 11.3 Å². The number of oxazole rings is 1. The quantitative estimate of drug-likeness (QED) is 0.428. The maximum atomic E-state index is 15.2. The fourth-order valence-electron chi connectivity index (χ4n) is 3.99. The van der Waals surface area contributed by atoms with Gasteiger partial charge >= 0.3 is 5.76 Å². The molecule has 1 aliphatic heterocycles. The summed E-state index contributed by atoms with van der Waals surface area (Å²) in [6.45, 7) is 1.91. The molecule has 2 N–H and O–H groups in total. The van der Waals surface area contributed by atoms with E-state index in [0.717, 1.165) is 28.0 Å². The van der Waals surface area contributed by atoms with E-state index in [9.17, 15) is 13.2 Å². The van der Waals surface area contributed by atoms with Gasteiger partial charge in [-0.05, 0) is 24.1 Å². The van der Waals surface area contributed by atoms with Crippen LogP contribution in [-0.4, -0.2) is 31.1 Å². The van der Waals surface area contributed by atoms with E-state index >= 15 is 8.78 Å². The molecular formula is C21H18F2N4O4S2. The number of nitrogens with zero attached hydrogens (tertiary/aromatic N) is 2. The van der Waals surface area contributed by atoms with Gasteiger partial charge in [-0.15, -0.1) is 11.3 Å². The SMILES string of the molecule is C[C@H](c1ccccc1C1(F)CNC1)n1c(=O)oc2cc(S(=O)(=O)Nc3nccs3)cc(F)c21. The summed E-state index contributed by atoms with van der Waals surface area (Å²) in [5.74, 6) is -1.84. The van der Waals surface area contributed by atoms with Crippen molar-refractivity contribution in [3.8, 4) is 0 Å². The molecule has 5 rings (SSSR count). The van der Waals surface area contributed by atoms with Gasteiger partial charge in [-0.1, -0.05) is 24.3 Å². The number of hydrogen-bond acceptors (Lipinski definition) is 7. The molecule has 2 aromatic heterocycles. The third-order valence-electron chi connectivity index (χ3n) is 5.69. The van der Waals surface area contributed by atoms with Crippen molar-refractivity contribution in [2.45, 2.75) is 23.5 Å². The van der Waals surface area contributed by atoms with Crippen molar-refractivity contribution in [3.63, 3.8) is 0 Å². The first-order valence-electron chi connectivity index (χ1n) is 9.95. The number of nitrogens with one attached hydrogen (secondary N) is 2. The molecule has 1 atom stereocenters. The van der Waals surface area contributed by atoms with Gasteiger partial charge in [-0.3, -0.25) is 9.29 Å². The number of halogens is 2. The lowest BCUT2D eigenvalue weighted by Gasteiger charge is -2.37. The number of thiazole rings is 1. The van der Waals surface area contributed by atoms with E-state index in [2.05, 4.69) is 15.0 Å². The first-order chi connectivity index (χ1) is 15.7. The van der Waals surface area contributed by atoms with Crippen LogP contribution in [0.5, 0.6) is 0 Å². The molecule has 33 heavy (non-hydrogen) atoms. The number of hydrogen-bond donors (Lipinski definition) is 2. The van der Waals surface area contributed by atoms with E-state index in [1.165, 1.54) is 6.20 Å². The topological polar surface area (TPSA) is 106 Å². The Hall–Kier alpha value is -3.09. The number of benzene rings is 2. The maximum absolute atomic E-state index is 15.2. The van der Waals surface area contributed by atoms with Gasteiger partial charge < -0.3 is 9.73 Å². The van der Waals surface area contributed by atoms with Crippen LogP contribution < -0.4 is 15.8 Å². The highest BCUT2D eigenvalue weighted by Gasteiger charge is 2.41. The van der Waals surface area contributed by atoms with Crippen LogP contribution in [0.15, 0.2) is 62.1 Å². The molecule has 0 bridgehead atoms. The Kier molecular flexibility index (Phi) is 5.10. The first kappa shape index (κ1) is 21.7. The summed E-state index contributed by atoms with van der Waals surface area (Å²) in [7, 11) is -4.16. The lowest BCUT2D eigenvalue weighted by atomic mass is 9.84. The van der Waals surface area contributed by atoms with Crippen molar-refractivity contribution in [3.05, 3.63) is 75.5 Å². The zero-order valence-electron chi connectivity index (χ0n) is 17.2. The molecule has 1 fully saturated rings. The smallest absolute Gasteiger partial charge is 0.408 e. The molecule has 1 saturated heterocycles. The zero-order chi connectivity index (χ0) is 23.4. The highest BCUT2D eigenvalue weighted by atomic mass is 32.2. The van der Waals surface area contributed by atoms with Crippen LogP contribution in [-0.2, 0) is 15.7 Å². The second kappa shape index (κ2) is 7.75. The summed E-state index contributed by atoms with van der Waals surface area (Å²) in [5, 5.41) is 4.60. The van der Waals surface area contributed by atoms with Crippen LogP contribution in [0.25, 0.3) is 11.1 Å². The van der Waals surface area contributed by atoms with Crippen molar-refractivity contribution >= 4 is 37.6 Å². The van der Waals surface area contributed by atoms with Gasteiger partial charge in [-0.2, -0.15) is 0 Å². The number of sulfonamides is 1. The molecule has 2 aromatic carbocycles. The highest BCUT2D eigenvalue weighted by Crippen LogP contribution is 2.37. The maximum Gasteiger partial charge on any atom is 0.420 e. The lowest BCUT2D eigenvalue weighted by Crippen LogP contribution is -2.54. The minimum atomic E-state index is -4.16. The third-order valence-corrected chi connectivity index (χ3v) is 7.83. The summed E-state index contributed by atoms with van der Waals surface area (Å²) in [4.78, 5) is 16.1. The van der Waals surface area contributed by atoms with Crippen LogP contribution in [0.4, 0.5) is 13.9 Å². The van der Waals surface area contributed by atoms with Crippen LogP contribution in [0, 0.1) is 5.82 Å². The zero-order valence-corrected chi connectivity index (χ0v) is 18.8. The van der Waals surface area contributed by atoms with Crippen molar-refractivity contribution in [1.29, 1.82) is 0 Å². The molecule has 12 heteroatoms. The molecule has 3 heterocycles. The molecule has 0 aliphatic carbocycles. The number of aromatic nitrogens is 2. The van der Waals surface area contributed by atoms with Crippen molar-refractivity contribution in [1.82, 2.24) is 14.9 Å². The first-order valence-corrected chi connectivity index (χ1v) is 12.3. The number of alkyl halides is 1. The number of fused-ring (bicyclic) bond motifs is 1. The molecule has 8 nitrogen and oxygen atoms in total. The fraction of sp³-hybridized carbons (Fsp3) is 0.238. The molecule has 0 radical (unpaired) electrons. The lowest BCUT2D eigenvalue weighted by molar-refractivity contribution is 0.0875. The summed E-state index contributed by atoms with van der Waals surface area (Å²) < 4.78 is 64.3. The van der Waals surface area contributed by atoms with Gasteiger partial charge in [0.05, 0.1) is 10.9 Å². The monoisotopic (exact) mass is 492 g/mol. The summed E-state index contributed by atoms with van der Waals surface area (Å²) in [6, 6.07) is 7.86. The van der Waals surface area contributed by atoms with Gasteiger partial charge in [0.15, 0.2) is 22.2 Å². The van der Waals surface area contributed by atoms with Gasteiger partial charge in [-0.25, -0.2) is 27.0 Å². The Bertz CT molecular complexity index is 1510. The van der Waals surface area contributed by atoms with E-state index in [1.807, 2.05) is 0 Å². The standard InChI is InChI=1S/C21H18F2N4O4S2/c1-12(14-4-2-3-5-15(14)21(23)10-24-11-21)27-18-16(22)8-13(9-17(18)31-20(27)28)33(29,30)26-19-25-6-7-32-19/h2-9,12,24H,10-11H2,1H3,(H,25,26)/t12-/m1/s1. The van der Waals surface area contributed by atoms with E-state index in [4.69, 9.17) is 4.42 Å². The van der Waals surface area contributed by atoms with E-state index in [-0.39, 0.29) is 29.3 Å². The minimum Gasteiger partial charge on any atom is -0.408 e. The number of anilines is 1. The second-order valence-electron chi connectivity index (χ2n) is 7.76. The van der Waals surface area contributed by atoms with Crippen LogP contribution in [0.3, 0.4) is 0 Å². The van der Waals surface area contributed by atoms with Gasteiger partial charge in [0.1, 0.15) is 5.52 Å². The normalized spacial score (nSPS) is 16.5. The largest absolute Gasteiger partial charge is 0.420 e. The van der Waals surface area contributed by atoms with Crippen LogP contribution in [0.1, 0.15) is 24.1 Å². The molecule has 0 amide bonds. The Morgan fingerprint density at radius 2 is 2.06 bits per heavy atom. The summed E-state index contributed by atoms with van der Waals surface area (Å²) in [6.07, 6.45) is 1.42. The van der Waals surface area contributed by atoms with E-state index in [0.29, 0.717) is 11.1 Å². The Morgan fingerprint density at radius 3 is 2.73 bits per heavy atom. The summed E-state index contributed by atoms with van der Waals surface area (Å²) >= 11 is 1.06. The predicted octanol–water partition coefficient (Wildman–Crippen LogP) is 3.37. The predicted molar refractivity (Wildman–Crippen MR) is 119 cm³/mol. The van der Waals surface area contributed by atoms with Gasteiger partial charge in [0.25, 0.3) is 10.0 Å². The Balaban J connectivity index is 1.60. The van der Waals surface area contributed by atoms with Crippen molar-refractivity contribution < 1.29 is 21.6 Å². The Morgan fingerprint density at radius 1 is 1.30 bits per heavy atom. The molecule has 0 unspecified atom stereocenters. The third kappa shape index (κ3) is 3.63. The highest BCUT2D eigenvalue weighted by molar-refractivity contribution is 7.93. The molecule has 0 spiro atoms. The molecule has 4 aromatic rings. The summed E-state index contributed by atoms with van der Waals surface area (Å²) in [5.41, 5.74) is -1.10. The molecule has 172 valence electrons.